The molecule has 0 saturated carbocycles. The smallest absolute Gasteiger partial charge is 0.243 e. The minimum Gasteiger partial charge on any atom is -0.316 e. The van der Waals surface area contributed by atoms with E-state index in [-0.39, 0.29) is 22.7 Å². The second-order valence-electron chi connectivity index (χ2n) is 5.62. The van der Waals surface area contributed by atoms with E-state index < -0.39 is 10.0 Å². The first kappa shape index (κ1) is 17.3. The summed E-state index contributed by atoms with van der Waals surface area (Å²) in [5.74, 6) is 0. The molecule has 1 aromatic carbocycles. The summed E-state index contributed by atoms with van der Waals surface area (Å²) in [4.78, 5) is 0.179. The number of rotatable bonds is 2. The zero-order valence-corrected chi connectivity index (χ0v) is 14.5. The van der Waals surface area contributed by atoms with E-state index >= 15 is 0 Å². The Labute approximate surface area is 141 Å². The van der Waals surface area contributed by atoms with Crippen molar-refractivity contribution in [1.29, 1.82) is 0 Å². The number of benzene rings is 1. The zero-order valence-electron chi connectivity index (χ0n) is 11.3. The van der Waals surface area contributed by atoms with E-state index in [4.69, 9.17) is 23.2 Å². The van der Waals surface area contributed by atoms with Gasteiger partial charge < -0.3 is 5.32 Å². The standard InChI is InChI=1S/C13H16Cl2N2O2S.ClH/c14-10-5-11(15)7-12(6-10)20(18,19)17-4-2-13(9-17)1-3-16-8-13;/h5-7,16H,1-4,8-9H2;1H. The van der Waals surface area contributed by atoms with Crippen molar-refractivity contribution in [2.24, 2.45) is 5.41 Å². The van der Waals surface area contributed by atoms with Crippen LogP contribution in [0.2, 0.25) is 10.0 Å². The molecule has 1 unspecified atom stereocenters. The van der Waals surface area contributed by atoms with Crippen molar-refractivity contribution in [3.63, 3.8) is 0 Å². The van der Waals surface area contributed by atoms with Crippen LogP contribution in [0.4, 0.5) is 0 Å². The summed E-state index contributed by atoms with van der Waals surface area (Å²) in [6.45, 7) is 3.01. The summed E-state index contributed by atoms with van der Waals surface area (Å²) >= 11 is 11.8. The van der Waals surface area contributed by atoms with Gasteiger partial charge in [-0.05, 0) is 43.0 Å². The molecule has 118 valence electrons. The lowest BCUT2D eigenvalue weighted by molar-refractivity contribution is 0.338. The lowest BCUT2D eigenvalue weighted by atomic mass is 9.87. The second kappa shape index (κ2) is 6.22. The average molecular weight is 372 g/mol. The Bertz CT molecular complexity index is 610. The van der Waals surface area contributed by atoms with Crippen LogP contribution in [0.25, 0.3) is 0 Å². The highest BCUT2D eigenvalue weighted by Gasteiger charge is 2.44. The number of hydrogen-bond acceptors (Lipinski definition) is 3. The molecule has 0 aliphatic carbocycles. The maximum Gasteiger partial charge on any atom is 0.243 e. The van der Waals surface area contributed by atoms with Gasteiger partial charge in [-0.3, -0.25) is 0 Å². The monoisotopic (exact) mass is 370 g/mol. The minimum atomic E-state index is -3.51. The number of nitrogens with one attached hydrogen (secondary N) is 1. The van der Waals surface area contributed by atoms with Crippen LogP contribution in [0.3, 0.4) is 0 Å². The first-order chi connectivity index (χ1) is 9.41. The highest BCUT2D eigenvalue weighted by molar-refractivity contribution is 7.89. The summed E-state index contributed by atoms with van der Waals surface area (Å²) in [5, 5.41) is 4.00. The molecule has 0 bridgehead atoms. The van der Waals surface area contributed by atoms with Crippen LogP contribution in [-0.4, -0.2) is 38.9 Å². The molecule has 1 N–H and O–H groups in total. The van der Waals surface area contributed by atoms with Crippen LogP contribution in [0.5, 0.6) is 0 Å². The SMILES string of the molecule is Cl.O=S(=O)(c1cc(Cl)cc(Cl)c1)N1CCC2(CCNC2)C1. The van der Waals surface area contributed by atoms with E-state index in [1.165, 1.54) is 18.2 Å². The third-order valence-corrected chi connectivity index (χ3v) is 6.47. The van der Waals surface area contributed by atoms with Gasteiger partial charge in [0.25, 0.3) is 0 Å². The normalized spacial score (nSPS) is 26.2. The number of sulfonamides is 1. The molecular weight excluding hydrogens is 355 g/mol. The van der Waals surface area contributed by atoms with Crippen LogP contribution in [-0.2, 0) is 10.0 Å². The molecule has 8 heteroatoms. The Morgan fingerprint density at radius 2 is 1.81 bits per heavy atom. The third kappa shape index (κ3) is 3.33. The second-order valence-corrected chi connectivity index (χ2v) is 8.43. The van der Waals surface area contributed by atoms with Crippen LogP contribution in [0.15, 0.2) is 23.1 Å². The molecule has 21 heavy (non-hydrogen) atoms. The fourth-order valence-corrected chi connectivity index (χ4v) is 5.35. The lowest BCUT2D eigenvalue weighted by Crippen LogP contribution is -2.33. The predicted octanol–water partition coefficient (Wildman–Crippen LogP) is 2.79. The van der Waals surface area contributed by atoms with Crippen LogP contribution < -0.4 is 5.32 Å². The summed E-state index contributed by atoms with van der Waals surface area (Å²) < 4.78 is 26.9. The molecule has 0 amide bonds. The summed E-state index contributed by atoms with van der Waals surface area (Å²) in [7, 11) is -3.51. The molecule has 1 atom stereocenters. The van der Waals surface area contributed by atoms with Gasteiger partial charge in [0.05, 0.1) is 4.90 Å². The summed E-state index contributed by atoms with van der Waals surface area (Å²) in [6.07, 6.45) is 1.95. The van der Waals surface area contributed by atoms with Crippen LogP contribution in [0, 0.1) is 5.41 Å². The molecule has 0 radical (unpaired) electrons. The molecule has 2 aliphatic heterocycles. The van der Waals surface area contributed by atoms with E-state index in [2.05, 4.69) is 5.32 Å². The molecule has 2 heterocycles. The van der Waals surface area contributed by atoms with Crippen molar-refractivity contribution < 1.29 is 8.42 Å². The van der Waals surface area contributed by atoms with Crippen molar-refractivity contribution in [3.8, 4) is 0 Å². The number of halogens is 3. The fraction of sp³-hybridized carbons (Fsp3) is 0.538. The van der Waals surface area contributed by atoms with Gasteiger partial charge in [0.1, 0.15) is 0 Å². The van der Waals surface area contributed by atoms with Gasteiger partial charge in [0.2, 0.25) is 10.0 Å². The van der Waals surface area contributed by atoms with Crippen molar-refractivity contribution >= 4 is 45.6 Å². The fourth-order valence-electron chi connectivity index (χ4n) is 3.07. The molecule has 3 rings (SSSR count). The van der Waals surface area contributed by atoms with Gasteiger partial charge in [-0.25, -0.2) is 8.42 Å². The number of nitrogens with zero attached hydrogens (tertiary/aromatic N) is 1. The number of hydrogen-bond donors (Lipinski definition) is 1. The first-order valence-corrected chi connectivity index (χ1v) is 8.78. The van der Waals surface area contributed by atoms with Crippen molar-refractivity contribution in [3.05, 3.63) is 28.2 Å². The first-order valence-electron chi connectivity index (χ1n) is 6.58. The zero-order chi connectivity index (χ0) is 14.4. The maximum atomic E-state index is 12.7. The Morgan fingerprint density at radius 3 is 2.38 bits per heavy atom. The molecule has 2 fully saturated rings. The van der Waals surface area contributed by atoms with Crippen molar-refractivity contribution in [1.82, 2.24) is 9.62 Å². The Balaban J connectivity index is 0.00000161. The third-order valence-electron chi connectivity index (χ3n) is 4.21. The lowest BCUT2D eigenvalue weighted by Gasteiger charge is -2.22. The minimum absolute atomic E-state index is 0. The highest BCUT2D eigenvalue weighted by Crippen LogP contribution is 2.38. The molecule has 1 spiro atoms. The topological polar surface area (TPSA) is 49.4 Å². The molecule has 0 aromatic heterocycles. The van der Waals surface area contributed by atoms with Crippen molar-refractivity contribution in [2.45, 2.75) is 17.7 Å². The van der Waals surface area contributed by atoms with Gasteiger partial charge in [-0.1, -0.05) is 23.2 Å². The molecule has 2 aliphatic rings. The largest absolute Gasteiger partial charge is 0.316 e. The van der Waals surface area contributed by atoms with E-state index in [9.17, 15) is 8.42 Å². The molecule has 4 nitrogen and oxygen atoms in total. The molecular formula is C13H17Cl3N2O2S. The summed E-state index contributed by atoms with van der Waals surface area (Å²) in [6, 6.07) is 4.45. The van der Waals surface area contributed by atoms with E-state index in [0.29, 0.717) is 23.1 Å². The molecule has 2 saturated heterocycles. The van der Waals surface area contributed by atoms with Gasteiger partial charge in [-0.15, -0.1) is 12.4 Å². The highest BCUT2D eigenvalue weighted by atomic mass is 35.5. The Hall–Kier alpha value is -0.0400. The molecule has 1 aromatic rings. The average Bonchev–Trinajstić information content (AvgIpc) is 2.99. The Morgan fingerprint density at radius 1 is 1.14 bits per heavy atom. The van der Waals surface area contributed by atoms with Crippen LogP contribution >= 0.6 is 35.6 Å². The van der Waals surface area contributed by atoms with Gasteiger partial charge >= 0.3 is 0 Å². The predicted molar refractivity (Wildman–Crippen MR) is 87.0 cm³/mol. The van der Waals surface area contributed by atoms with Crippen molar-refractivity contribution in [2.75, 3.05) is 26.2 Å². The van der Waals surface area contributed by atoms with Gasteiger partial charge in [0.15, 0.2) is 0 Å². The van der Waals surface area contributed by atoms with Gasteiger partial charge in [-0.2, -0.15) is 4.31 Å². The van der Waals surface area contributed by atoms with E-state index in [1.807, 2.05) is 0 Å². The quantitative estimate of drug-likeness (QED) is 0.869. The van der Waals surface area contributed by atoms with E-state index in [1.54, 1.807) is 4.31 Å². The van der Waals surface area contributed by atoms with Gasteiger partial charge in [0, 0.05) is 29.7 Å². The maximum absolute atomic E-state index is 12.7. The summed E-state index contributed by atoms with van der Waals surface area (Å²) in [5.41, 5.74) is 0.107. The van der Waals surface area contributed by atoms with Crippen LogP contribution in [0.1, 0.15) is 12.8 Å². The van der Waals surface area contributed by atoms with E-state index in [0.717, 1.165) is 25.9 Å². The Kier molecular flexibility index (Phi) is 5.13.